The summed E-state index contributed by atoms with van der Waals surface area (Å²) in [6.07, 6.45) is 4.10. The molecule has 1 spiro atoms. The lowest BCUT2D eigenvalue weighted by atomic mass is 9.69. The van der Waals surface area contributed by atoms with E-state index in [4.69, 9.17) is 16.3 Å². The molecule has 0 unspecified atom stereocenters. The van der Waals surface area contributed by atoms with Crippen molar-refractivity contribution in [2.24, 2.45) is 0 Å². The summed E-state index contributed by atoms with van der Waals surface area (Å²) >= 11 is 5.96. The lowest BCUT2D eigenvalue weighted by Gasteiger charge is -2.35. The maximum absolute atomic E-state index is 12.7. The molecule has 0 atom stereocenters. The van der Waals surface area contributed by atoms with Gasteiger partial charge in [0, 0.05) is 23.0 Å². The largest absolute Gasteiger partial charge is 0.478 e. The van der Waals surface area contributed by atoms with Gasteiger partial charge < -0.3 is 15.2 Å². The molecule has 0 radical (unpaired) electrons. The van der Waals surface area contributed by atoms with Gasteiger partial charge in [-0.2, -0.15) is 0 Å². The van der Waals surface area contributed by atoms with Gasteiger partial charge in [-0.3, -0.25) is 4.79 Å². The molecule has 1 aromatic heterocycles. The van der Waals surface area contributed by atoms with Crippen LogP contribution in [0.4, 0.5) is 5.69 Å². The van der Waals surface area contributed by atoms with Crippen molar-refractivity contribution >= 4 is 29.2 Å². The highest BCUT2D eigenvalue weighted by atomic mass is 35.5. The first kappa shape index (κ1) is 16.8. The van der Waals surface area contributed by atoms with Crippen LogP contribution in [-0.4, -0.2) is 28.1 Å². The SMILES string of the molecule is O=C(O)c1ccc2c(c1)[C@]1(CC[C@@H](Oc3cc(Cl)ccn3)CC1)C(=O)N2. The first-order valence-corrected chi connectivity index (χ1v) is 8.83. The number of ether oxygens (including phenoxy) is 1. The molecule has 1 aliphatic heterocycles. The average Bonchev–Trinajstić information content (AvgIpc) is 2.88. The predicted molar refractivity (Wildman–Crippen MR) is 95.8 cm³/mol. The number of carbonyl (C=O) groups excluding carboxylic acids is 1. The van der Waals surface area contributed by atoms with Gasteiger partial charge in [0.05, 0.1) is 11.0 Å². The van der Waals surface area contributed by atoms with Crippen LogP contribution in [0, 0.1) is 0 Å². The molecular formula is C19H17ClN2O4. The number of hydrogen-bond donors (Lipinski definition) is 2. The van der Waals surface area contributed by atoms with Crippen molar-refractivity contribution in [1.29, 1.82) is 0 Å². The molecule has 4 rings (SSSR count). The van der Waals surface area contributed by atoms with Crippen molar-refractivity contribution in [2.45, 2.75) is 37.2 Å². The fraction of sp³-hybridized carbons (Fsp3) is 0.316. The first-order chi connectivity index (χ1) is 12.5. The van der Waals surface area contributed by atoms with E-state index in [9.17, 15) is 14.7 Å². The maximum Gasteiger partial charge on any atom is 0.335 e. The number of carboxylic acid groups (broad SMARTS) is 1. The average molecular weight is 373 g/mol. The Hall–Kier alpha value is -2.60. The summed E-state index contributed by atoms with van der Waals surface area (Å²) < 4.78 is 5.90. The normalized spacial score (nSPS) is 24.2. The molecule has 6 nitrogen and oxygen atoms in total. The van der Waals surface area contributed by atoms with Gasteiger partial charge in [-0.15, -0.1) is 0 Å². The minimum absolute atomic E-state index is 0.0499. The van der Waals surface area contributed by atoms with Crippen molar-refractivity contribution in [3.63, 3.8) is 0 Å². The van der Waals surface area contributed by atoms with Crippen LogP contribution >= 0.6 is 11.6 Å². The van der Waals surface area contributed by atoms with E-state index in [1.807, 2.05) is 0 Å². The number of pyridine rings is 1. The van der Waals surface area contributed by atoms with Gasteiger partial charge >= 0.3 is 5.97 Å². The predicted octanol–water partition coefficient (Wildman–Crippen LogP) is 3.64. The lowest BCUT2D eigenvalue weighted by Crippen LogP contribution is -2.41. The summed E-state index contributed by atoms with van der Waals surface area (Å²) in [5, 5.41) is 12.7. The number of aromatic nitrogens is 1. The van der Waals surface area contributed by atoms with Crippen molar-refractivity contribution in [2.75, 3.05) is 5.32 Å². The Kier molecular flexibility index (Phi) is 4.07. The second-order valence-electron chi connectivity index (χ2n) is 6.73. The second kappa shape index (κ2) is 6.29. The molecule has 1 aromatic carbocycles. The van der Waals surface area contributed by atoms with E-state index in [0.29, 0.717) is 42.3 Å². The van der Waals surface area contributed by atoms with Crippen LogP contribution in [0.5, 0.6) is 5.88 Å². The molecule has 2 aromatic rings. The fourth-order valence-electron chi connectivity index (χ4n) is 3.87. The molecule has 134 valence electrons. The number of amides is 1. The quantitative estimate of drug-likeness (QED) is 0.858. The molecule has 1 amide bonds. The standard InChI is InChI=1S/C19H17ClN2O4/c20-12-5-8-21-16(10-12)26-13-3-6-19(7-4-13)14-9-11(17(23)24)1-2-15(14)22-18(19)25/h1-2,5,8-10,13H,3-4,6-7H2,(H,22,25)(H,23,24)/t13-,19-. The van der Waals surface area contributed by atoms with E-state index in [1.54, 1.807) is 30.5 Å². The molecule has 2 N–H and O–H groups in total. The first-order valence-electron chi connectivity index (χ1n) is 8.45. The number of carboxylic acids is 1. The van der Waals surface area contributed by atoms with Gasteiger partial charge in [0.1, 0.15) is 6.10 Å². The molecule has 7 heteroatoms. The molecule has 1 aliphatic carbocycles. The highest BCUT2D eigenvalue weighted by Crippen LogP contribution is 2.48. The summed E-state index contributed by atoms with van der Waals surface area (Å²) in [4.78, 5) is 28.1. The molecule has 1 fully saturated rings. The van der Waals surface area contributed by atoms with Gasteiger partial charge in [-0.25, -0.2) is 9.78 Å². The van der Waals surface area contributed by atoms with Crippen LogP contribution in [0.2, 0.25) is 5.02 Å². The van der Waals surface area contributed by atoms with Gasteiger partial charge in [0.25, 0.3) is 0 Å². The van der Waals surface area contributed by atoms with Crippen LogP contribution in [0.25, 0.3) is 0 Å². The van der Waals surface area contributed by atoms with E-state index in [1.165, 1.54) is 6.07 Å². The number of fused-ring (bicyclic) bond motifs is 2. The number of anilines is 1. The number of nitrogens with zero attached hydrogens (tertiary/aromatic N) is 1. The summed E-state index contributed by atoms with van der Waals surface area (Å²) in [7, 11) is 0. The third kappa shape index (κ3) is 2.80. The van der Waals surface area contributed by atoms with Crippen molar-refractivity contribution in [1.82, 2.24) is 4.98 Å². The smallest absolute Gasteiger partial charge is 0.335 e. The van der Waals surface area contributed by atoms with Crippen LogP contribution in [0.3, 0.4) is 0 Å². The highest BCUT2D eigenvalue weighted by Gasteiger charge is 2.49. The Morgan fingerprint density at radius 3 is 2.73 bits per heavy atom. The van der Waals surface area contributed by atoms with Crippen LogP contribution in [-0.2, 0) is 10.2 Å². The van der Waals surface area contributed by atoms with E-state index in [0.717, 1.165) is 5.56 Å². The molecule has 0 saturated heterocycles. The third-order valence-electron chi connectivity index (χ3n) is 5.24. The third-order valence-corrected chi connectivity index (χ3v) is 5.47. The van der Waals surface area contributed by atoms with Crippen LogP contribution < -0.4 is 10.1 Å². The molecule has 26 heavy (non-hydrogen) atoms. The maximum atomic E-state index is 12.7. The molecular weight excluding hydrogens is 356 g/mol. The van der Waals surface area contributed by atoms with E-state index >= 15 is 0 Å². The van der Waals surface area contributed by atoms with E-state index in [-0.39, 0.29) is 17.6 Å². The monoisotopic (exact) mass is 372 g/mol. The zero-order chi connectivity index (χ0) is 18.3. The summed E-state index contributed by atoms with van der Waals surface area (Å²) in [6, 6.07) is 8.16. The van der Waals surface area contributed by atoms with Crippen molar-refractivity contribution < 1.29 is 19.4 Å². The number of benzene rings is 1. The summed E-state index contributed by atoms with van der Waals surface area (Å²) in [6.45, 7) is 0. The molecule has 1 saturated carbocycles. The minimum atomic E-state index is -0.994. The zero-order valence-corrected chi connectivity index (χ0v) is 14.6. The summed E-state index contributed by atoms with van der Waals surface area (Å²) in [5.74, 6) is -0.580. The molecule has 0 bridgehead atoms. The Bertz CT molecular complexity index is 891. The number of nitrogens with one attached hydrogen (secondary N) is 1. The zero-order valence-electron chi connectivity index (χ0n) is 13.9. The van der Waals surface area contributed by atoms with E-state index < -0.39 is 11.4 Å². The van der Waals surface area contributed by atoms with Gasteiger partial charge in [0.15, 0.2) is 0 Å². The number of hydrogen-bond acceptors (Lipinski definition) is 4. The van der Waals surface area contributed by atoms with Crippen LogP contribution in [0.15, 0.2) is 36.5 Å². The van der Waals surface area contributed by atoms with Crippen molar-refractivity contribution in [3.8, 4) is 5.88 Å². The number of carbonyl (C=O) groups is 2. The molecule has 2 heterocycles. The lowest BCUT2D eigenvalue weighted by molar-refractivity contribution is -0.122. The van der Waals surface area contributed by atoms with Crippen LogP contribution in [0.1, 0.15) is 41.6 Å². The number of halogens is 1. The Labute approximate surface area is 155 Å². The number of aromatic carboxylic acids is 1. The van der Waals surface area contributed by atoms with Gasteiger partial charge in [0.2, 0.25) is 11.8 Å². The fourth-order valence-corrected chi connectivity index (χ4v) is 4.02. The Morgan fingerprint density at radius 2 is 2.04 bits per heavy atom. The van der Waals surface area contributed by atoms with E-state index in [2.05, 4.69) is 10.3 Å². The topological polar surface area (TPSA) is 88.5 Å². The minimum Gasteiger partial charge on any atom is -0.478 e. The van der Waals surface area contributed by atoms with Gasteiger partial charge in [-0.1, -0.05) is 11.6 Å². The summed E-state index contributed by atoms with van der Waals surface area (Å²) in [5.41, 5.74) is 1.00. The highest BCUT2D eigenvalue weighted by molar-refractivity contribution is 6.30. The Balaban J connectivity index is 1.54. The molecule has 2 aliphatic rings. The second-order valence-corrected chi connectivity index (χ2v) is 7.17. The van der Waals surface area contributed by atoms with Crippen molar-refractivity contribution in [3.05, 3.63) is 52.7 Å². The number of rotatable bonds is 3. The Morgan fingerprint density at radius 1 is 1.27 bits per heavy atom. The van der Waals surface area contributed by atoms with Gasteiger partial charge in [-0.05, 0) is 55.5 Å².